The summed E-state index contributed by atoms with van der Waals surface area (Å²) in [6, 6.07) is 3.56. The van der Waals surface area contributed by atoms with E-state index in [0.717, 1.165) is 12.8 Å². The van der Waals surface area contributed by atoms with E-state index in [9.17, 15) is 5.11 Å². The molecular weight excluding hydrogens is 204 g/mol. The maximum absolute atomic E-state index is 9.53. The van der Waals surface area contributed by atoms with Crippen LogP contribution in [-0.2, 0) is 0 Å². The Labute approximate surface area is 94.9 Å². The summed E-state index contributed by atoms with van der Waals surface area (Å²) in [6.07, 6.45) is 2.71. The molecule has 86 valence electrons. The van der Waals surface area contributed by atoms with Crippen molar-refractivity contribution >= 4 is 11.5 Å². The van der Waals surface area contributed by atoms with Crippen LogP contribution >= 0.6 is 0 Å². The summed E-state index contributed by atoms with van der Waals surface area (Å²) in [7, 11) is 0. The molecule has 0 spiro atoms. The predicted molar refractivity (Wildman–Crippen MR) is 62.8 cm³/mol. The maximum atomic E-state index is 9.53. The highest BCUT2D eigenvalue weighted by Gasteiger charge is 2.06. The summed E-state index contributed by atoms with van der Waals surface area (Å²) >= 11 is 0. The Morgan fingerprint density at radius 1 is 1.69 bits per heavy atom. The Kier molecular flexibility index (Phi) is 4.55. The number of anilines is 2. The van der Waals surface area contributed by atoms with Gasteiger partial charge >= 0.3 is 0 Å². The zero-order valence-corrected chi connectivity index (χ0v) is 9.27. The van der Waals surface area contributed by atoms with E-state index in [-0.39, 0.29) is 0 Å². The average molecular weight is 220 g/mol. The van der Waals surface area contributed by atoms with Crippen molar-refractivity contribution in [2.45, 2.75) is 25.9 Å². The van der Waals surface area contributed by atoms with Crippen molar-refractivity contribution in [3.8, 4) is 6.07 Å². The molecule has 1 atom stereocenters. The summed E-state index contributed by atoms with van der Waals surface area (Å²) in [5.74, 6) is 0.465. The van der Waals surface area contributed by atoms with Gasteiger partial charge in [-0.25, -0.2) is 4.98 Å². The molecule has 5 heteroatoms. The molecule has 1 aromatic heterocycles. The number of rotatable bonds is 5. The van der Waals surface area contributed by atoms with Gasteiger partial charge in [0.25, 0.3) is 0 Å². The highest BCUT2D eigenvalue weighted by atomic mass is 16.3. The SMILES string of the molecule is CCCC(O)CNc1ncc(N)cc1C#N. The minimum absolute atomic E-state index is 0.388. The quantitative estimate of drug-likeness (QED) is 0.690. The molecule has 1 heterocycles. The molecule has 4 N–H and O–H groups in total. The van der Waals surface area contributed by atoms with Gasteiger partial charge in [0.1, 0.15) is 11.9 Å². The van der Waals surface area contributed by atoms with Gasteiger partial charge in [0, 0.05) is 6.54 Å². The first-order chi connectivity index (χ1) is 7.67. The Hall–Kier alpha value is -1.80. The minimum Gasteiger partial charge on any atom is -0.397 e. The number of hydrogen-bond acceptors (Lipinski definition) is 5. The first kappa shape index (κ1) is 12.3. The van der Waals surface area contributed by atoms with Gasteiger partial charge in [0.2, 0.25) is 0 Å². The summed E-state index contributed by atoms with van der Waals surface area (Å²) in [5.41, 5.74) is 6.36. The lowest BCUT2D eigenvalue weighted by molar-refractivity contribution is 0.176. The summed E-state index contributed by atoms with van der Waals surface area (Å²) in [5, 5.41) is 21.3. The Morgan fingerprint density at radius 2 is 2.44 bits per heavy atom. The zero-order chi connectivity index (χ0) is 12.0. The molecule has 0 amide bonds. The van der Waals surface area contributed by atoms with E-state index in [1.165, 1.54) is 6.20 Å². The fourth-order valence-electron chi connectivity index (χ4n) is 1.36. The molecule has 0 fully saturated rings. The van der Waals surface area contributed by atoms with E-state index in [1.807, 2.05) is 13.0 Å². The second kappa shape index (κ2) is 5.93. The van der Waals surface area contributed by atoms with Gasteiger partial charge in [0.15, 0.2) is 0 Å². The number of nitrogens with one attached hydrogen (secondary N) is 1. The number of aliphatic hydroxyl groups is 1. The predicted octanol–water partition coefficient (Wildman–Crippen LogP) is 1.11. The van der Waals surface area contributed by atoms with Crippen molar-refractivity contribution in [2.75, 3.05) is 17.6 Å². The minimum atomic E-state index is -0.420. The van der Waals surface area contributed by atoms with Gasteiger partial charge in [-0.2, -0.15) is 5.26 Å². The van der Waals surface area contributed by atoms with Crippen LogP contribution in [-0.4, -0.2) is 22.7 Å². The zero-order valence-electron chi connectivity index (χ0n) is 9.27. The topological polar surface area (TPSA) is 95.0 Å². The van der Waals surface area contributed by atoms with Crippen LogP contribution in [0, 0.1) is 11.3 Å². The molecule has 0 radical (unpaired) electrons. The highest BCUT2D eigenvalue weighted by molar-refractivity contribution is 5.57. The van der Waals surface area contributed by atoms with Crippen molar-refractivity contribution in [1.29, 1.82) is 5.26 Å². The summed E-state index contributed by atoms with van der Waals surface area (Å²) in [6.45, 7) is 2.39. The van der Waals surface area contributed by atoms with Crippen LogP contribution in [0.15, 0.2) is 12.3 Å². The Bertz CT molecular complexity index is 386. The van der Waals surface area contributed by atoms with E-state index in [1.54, 1.807) is 6.07 Å². The third kappa shape index (κ3) is 3.41. The van der Waals surface area contributed by atoms with Crippen molar-refractivity contribution in [3.63, 3.8) is 0 Å². The van der Waals surface area contributed by atoms with Gasteiger partial charge in [-0.1, -0.05) is 13.3 Å². The van der Waals surface area contributed by atoms with Gasteiger partial charge in [-0.15, -0.1) is 0 Å². The standard InChI is InChI=1S/C11H16N4O/c1-2-3-10(16)7-15-11-8(5-12)4-9(13)6-14-11/h4,6,10,16H,2-3,7,13H2,1H3,(H,14,15). The van der Waals surface area contributed by atoms with Crippen LogP contribution in [0.1, 0.15) is 25.3 Å². The first-order valence-corrected chi connectivity index (χ1v) is 5.25. The smallest absolute Gasteiger partial charge is 0.144 e. The van der Waals surface area contributed by atoms with Crippen LogP contribution in [0.2, 0.25) is 0 Å². The van der Waals surface area contributed by atoms with Crippen LogP contribution in [0.5, 0.6) is 0 Å². The monoisotopic (exact) mass is 220 g/mol. The van der Waals surface area contributed by atoms with Gasteiger partial charge in [-0.05, 0) is 12.5 Å². The van der Waals surface area contributed by atoms with Crippen molar-refractivity contribution in [2.24, 2.45) is 0 Å². The number of nitrogen functional groups attached to an aromatic ring is 1. The van der Waals surface area contributed by atoms with Gasteiger partial charge < -0.3 is 16.2 Å². The van der Waals surface area contributed by atoms with Crippen molar-refractivity contribution in [1.82, 2.24) is 4.98 Å². The number of aliphatic hydroxyl groups excluding tert-OH is 1. The molecule has 0 aliphatic rings. The molecule has 1 aromatic rings. The molecule has 1 unspecified atom stereocenters. The third-order valence-corrected chi connectivity index (χ3v) is 2.16. The molecule has 0 bridgehead atoms. The second-order valence-electron chi connectivity index (χ2n) is 3.60. The number of aromatic nitrogens is 1. The molecule has 0 aliphatic carbocycles. The van der Waals surface area contributed by atoms with Crippen LogP contribution in [0.4, 0.5) is 11.5 Å². The van der Waals surface area contributed by atoms with Crippen LogP contribution in [0.3, 0.4) is 0 Å². The maximum Gasteiger partial charge on any atom is 0.144 e. The third-order valence-electron chi connectivity index (χ3n) is 2.16. The number of nitrogens with zero attached hydrogens (tertiary/aromatic N) is 2. The first-order valence-electron chi connectivity index (χ1n) is 5.25. The lowest BCUT2D eigenvalue weighted by Gasteiger charge is -2.12. The fourth-order valence-corrected chi connectivity index (χ4v) is 1.36. The lowest BCUT2D eigenvalue weighted by Crippen LogP contribution is -2.20. The average Bonchev–Trinajstić information content (AvgIpc) is 2.27. The Morgan fingerprint density at radius 3 is 3.06 bits per heavy atom. The second-order valence-corrected chi connectivity index (χ2v) is 3.60. The molecule has 0 saturated carbocycles. The molecular formula is C11H16N4O. The molecule has 1 rings (SSSR count). The summed E-state index contributed by atoms with van der Waals surface area (Å²) in [4.78, 5) is 4.01. The van der Waals surface area contributed by atoms with E-state index in [0.29, 0.717) is 23.6 Å². The van der Waals surface area contributed by atoms with E-state index >= 15 is 0 Å². The van der Waals surface area contributed by atoms with Gasteiger partial charge in [0.05, 0.1) is 23.6 Å². The fraction of sp³-hybridized carbons (Fsp3) is 0.455. The highest BCUT2D eigenvalue weighted by Crippen LogP contribution is 2.14. The largest absolute Gasteiger partial charge is 0.397 e. The molecule has 0 saturated heterocycles. The molecule has 16 heavy (non-hydrogen) atoms. The Balaban J connectivity index is 2.64. The van der Waals surface area contributed by atoms with E-state index < -0.39 is 6.10 Å². The molecule has 0 aliphatic heterocycles. The number of hydrogen-bond donors (Lipinski definition) is 3. The summed E-state index contributed by atoms with van der Waals surface area (Å²) < 4.78 is 0. The van der Waals surface area contributed by atoms with Crippen LogP contribution < -0.4 is 11.1 Å². The van der Waals surface area contributed by atoms with E-state index in [2.05, 4.69) is 10.3 Å². The van der Waals surface area contributed by atoms with E-state index in [4.69, 9.17) is 11.0 Å². The number of pyridine rings is 1. The lowest BCUT2D eigenvalue weighted by atomic mass is 10.2. The molecule has 5 nitrogen and oxygen atoms in total. The van der Waals surface area contributed by atoms with Gasteiger partial charge in [-0.3, -0.25) is 0 Å². The number of nitriles is 1. The normalized spacial score (nSPS) is 11.8. The van der Waals surface area contributed by atoms with Crippen LogP contribution in [0.25, 0.3) is 0 Å². The molecule has 0 aromatic carbocycles. The van der Waals surface area contributed by atoms with Crippen molar-refractivity contribution in [3.05, 3.63) is 17.8 Å². The number of nitrogens with two attached hydrogens (primary N) is 1. The van der Waals surface area contributed by atoms with Crippen molar-refractivity contribution < 1.29 is 5.11 Å².